The number of nitrogens with one attached hydrogen (secondary N) is 1. The molecule has 0 atom stereocenters. The number of nitrogens with zero attached hydrogens (tertiary/aromatic N) is 4. The lowest BCUT2D eigenvalue weighted by Crippen LogP contribution is -1.97. The summed E-state index contributed by atoms with van der Waals surface area (Å²) in [4.78, 5) is 10.1. The van der Waals surface area contributed by atoms with E-state index in [9.17, 15) is 0 Å². The Kier molecular flexibility index (Phi) is 3.74. The van der Waals surface area contributed by atoms with Crippen LogP contribution in [0.4, 0.5) is 0 Å². The van der Waals surface area contributed by atoms with Gasteiger partial charge in [0.05, 0.1) is 4.88 Å². The molecule has 4 rings (SSSR count). The average Bonchev–Trinajstić information content (AvgIpc) is 3.29. The third-order valence-electron chi connectivity index (χ3n) is 3.93. The molecule has 6 heteroatoms. The van der Waals surface area contributed by atoms with E-state index in [0.29, 0.717) is 0 Å². The summed E-state index contributed by atoms with van der Waals surface area (Å²) in [5.74, 6) is 2.65. The van der Waals surface area contributed by atoms with Gasteiger partial charge in [0.15, 0.2) is 11.6 Å². The third kappa shape index (κ3) is 2.76. The van der Waals surface area contributed by atoms with E-state index >= 15 is 0 Å². The Hall–Kier alpha value is -2.73. The van der Waals surface area contributed by atoms with Crippen LogP contribution in [0.2, 0.25) is 0 Å². The maximum absolute atomic E-state index is 4.54. The fourth-order valence-corrected chi connectivity index (χ4v) is 3.63. The van der Waals surface area contributed by atoms with Gasteiger partial charge in [0.1, 0.15) is 5.82 Å². The van der Waals surface area contributed by atoms with Crippen LogP contribution < -0.4 is 0 Å². The van der Waals surface area contributed by atoms with E-state index in [-0.39, 0.29) is 0 Å². The summed E-state index contributed by atoms with van der Waals surface area (Å²) in [6.07, 6.45) is 4.58. The van der Waals surface area contributed by atoms with Crippen LogP contribution in [0, 0.1) is 13.8 Å². The molecule has 4 aromatic rings. The van der Waals surface area contributed by atoms with Crippen LogP contribution in [-0.2, 0) is 6.42 Å². The van der Waals surface area contributed by atoms with Gasteiger partial charge in [0, 0.05) is 24.5 Å². The Morgan fingerprint density at radius 3 is 2.62 bits per heavy atom. The molecule has 24 heavy (non-hydrogen) atoms. The lowest BCUT2D eigenvalue weighted by atomic mass is 10.1. The van der Waals surface area contributed by atoms with E-state index in [4.69, 9.17) is 0 Å². The van der Waals surface area contributed by atoms with E-state index in [1.165, 1.54) is 16.0 Å². The van der Waals surface area contributed by atoms with Crippen molar-refractivity contribution in [3.63, 3.8) is 0 Å². The summed E-state index contributed by atoms with van der Waals surface area (Å²) in [6.45, 7) is 4.03. The fourth-order valence-electron chi connectivity index (χ4n) is 2.71. The van der Waals surface area contributed by atoms with Gasteiger partial charge in [-0.2, -0.15) is 5.10 Å². The van der Waals surface area contributed by atoms with Crippen LogP contribution in [0.5, 0.6) is 0 Å². The number of aromatic amines is 1. The molecule has 1 aromatic carbocycles. The molecular formula is C18H17N5S. The van der Waals surface area contributed by atoms with E-state index in [2.05, 4.69) is 67.4 Å². The summed E-state index contributed by atoms with van der Waals surface area (Å²) in [5, 5.41) is 9.17. The van der Waals surface area contributed by atoms with Gasteiger partial charge < -0.3 is 0 Å². The highest BCUT2D eigenvalue weighted by Crippen LogP contribution is 2.29. The van der Waals surface area contributed by atoms with E-state index in [0.717, 1.165) is 29.6 Å². The van der Waals surface area contributed by atoms with Crippen molar-refractivity contribution in [2.45, 2.75) is 20.3 Å². The van der Waals surface area contributed by atoms with Crippen molar-refractivity contribution < 1.29 is 0 Å². The second-order valence-corrected chi connectivity index (χ2v) is 6.65. The minimum atomic E-state index is 0.728. The number of rotatable bonds is 4. The van der Waals surface area contributed by atoms with Crippen molar-refractivity contribution in [2.75, 3.05) is 0 Å². The minimum Gasteiger partial charge on any atom is -0.299 e. The molecule has 0 spiro atoms. The van der Waals surface area contributed by atoms with Gasteiger partial charge in [-0.15, -0.1) is 11.3 Å². The van der Waals surface area contributed by atoms with Crippen molar-refractivity contribution in [1.82, 2.24) is 24.7 Å². The average molecular weight is 335 g/mol. The van der Waals surface area contributed by atoms with E-state index in [1.54, 1.807) is 11.3 Å². The maximum Gasteiger partial charge on any atom is 0.155 e. The van der Waals surface area contributed by atoms with E-state index < -0.39 is 0 Å². The van der Waals surface area contributed by atoms with Gasteiger partial charge in [-0.1, -0.05) is 12.1 Å². The number of aryl methyl sites for hydroxylation is 2. The zero-order chi connectivity index (χ0) is 16.5. The van der Waals surface area contributed by atoms with Crippen molar-refractivity contribution in [2.24, 2.45) is 0 Å². The highest BCUT2D eigenvalue weighted by atomic mass is 32.1. The van der Waals surface area contributed by atoms with Crippen LogP contribution in [0.3, 0.4) is 0 Å². The summed E-state index contributed by atoms with van der Waals surface area (Å²) in [6, 6.07) is 10.6. The molecule has 0 aliphatic carbocycles. The van der Waals surface area contributed by atoms with Crippen molar-refractivity contribution in [3.8, 4) is 16.4 Å². The SMILES string of the molecule is Cc1nc(Cc2ccc(-n3ccnc3-c3sccc3C)cc2)n[nH]1. The third-order valence-corrected chi connectivity index (χ3v) is 4.94. The Labute approximate surface area is 144 Å². The summed E-state index contributed by atoms with van der Waals surface area (Å²) >= 11 is 1.72. The molecule has 0 saturated heterocycles. The topological polar surface area (TPSA) is 59.4 Å². The summed E-state index contributed by atoms with van der Waals surface area (Å²) < 4.78 is 2.12. The quantitative estimate of drug-likeness (QED) is 0.615. The highest BCUT2D eigenvalue weighted by Gasteiger charge is 2.11. The number of benzene rings is 1. The first-order valence-corrected chi connectivity index (χ1v) is 8.63. The predicted octanol–water partition coefficient (Wildman–Crippen LogP) is 3.93. The molecule has 0 aliphatic heterocycles. The van der Waals surface area contributed by atoms with Crippen molar-refractivity contribution in [1.29, 1.82) is 0 Å². The standard InChI is InChI=1S/C18H17N5S/c1-12-7-10-24-17(12)18-19-8-9-23(18)15-5-3-14(4-6-15)11-16-20-13(2)21-22-16/h3-10H,11H2,1-2H3,(H,20,21,22). The van der Waals surface area contributed by atoms with Gasteiger partial charge in [0.25, 0.3) is 0 Å². The Balaban J connectivity index is 1.62. The predicted molar refractivity (Wildman–Crippen MR) is 95.5 cm³/mol. The molecule has 0 bridgehead atoms. The van der Waals surface area contributed by atoms with Crippen molar-refractivity contribution in [3.05, 3.63) is 70.9 Å². The minimum absolute atomic E-state index is 0.728. The fraction of sp³-hybridized carbons (Fsp3) is 0.167. The van der Waals surface area contributed by atoms with Gasteiger partial charge in [0.2, 0.25) is 0 Å². The molecule has 3 aromatic heterocycles. The van der Waals surface area contributed by atoms with Crippen LogP contribution in [0.1, 0.15) is 22.8 Å². The zero-order valence-corrected chi connectivity index (χ0v) is 14.3. The molecule has 1 N–H and O–H groups in total. The summed E-state index contributed by atoms with van der Waals surface area (Å²) in [5.41, 5.74) is 3.54. The second kappa shape index (κ2) is 6.05. The van der Waals surface area contributed by atoms with E-state index in [1.807, 2.05) is 19.3 Å². The van der Waals surface area contributed by atoms with Crippen LogP contribution in [0.25, 0.3) is 16.4 Å². The van der Waals surface area contributed by atoms with Crippen LogP contribution >= 0.6 is 11.3 Å². The molecule has 0 aliphatic rings. The molecule has 0 amide bonds. The lowest BCUT2D eigenvalue weighted by molar-refractivity contribution is 0.967. The van der Waals surface area contributed by atoms with Gasteiger partial charge in [-0.05, 0) is 48.6 Å². The summed E-state index contributed by atoms with van der Waals surface area (Å²) in [7, 11) is 0. The molecule has 3 heterocycles. The lowest BCUT2D eigenvalue weighted by Gasteiger charge is -2.08. The van der Waals surface area contributed by atoms with Crippen molar-refractivity contribution >= 4 is 11.3 Å². The molecule has 120 valence electrons. The smallest absolute Gasteiger partial charge is 0.155 e. The maximum atomic E-state index is 4.54. The zero-order valence-electron chi connectivity index (χ0n) is 13.5. The van der Waals surface area contributed by atoms with Gasteiger partial charge in [-0.25, -0.2) is 9.97 Å². The number of H-pyrrole nitrogens is 1. The molecule has 5 nitrogen and oxygen atoms in total. The van der Waals surface area contributed by atoms with Gasteiger partial charge in [-0.3, -0.25) is 9.67 Å². The first-order chi connectivity index (χ1) is 11.7. The largest absolute Gasteiger partial charge is 0.299 e. The normalized spacial score (nSPS) is 11.1. The highest BCUT2D eigenvalue weighted by molar-refractivity contribution is 7.13. The second-order valence-electron chi connectivity index (χ2n) is 5.73. The Morgan fingerprint density at radius 1 is 1.12 bits per heavy atom. The Morgan fingerprint density at radius 2 is 1.96 bits per heavy atom. The number of imidazole rings is 1. The molecule has 0 radical (unpaired) electrons. The Bertz CT molecular complexity index is 961. The molecule has 0 saturated carbocycles. The molecule has 0 unspecified atom stereocenters. The monoisotopic (exact) mass is 335 g/mol. The number of aromatic nitrogens is 5. The number of hydrogen-bond donors (Lipinski definition) is 1. The van der Waals surface area contributed by atoms with Gasteiger partial charge >= 0.3 is 0 Å². The molecule has 0 fully saturated rings. The molecular weight excluding hydrogens is 318 g/mol. The van der Waals surface area contributed by atoms with Crippen LogP contribution in [-0.4, -0.2) is 24.7 Å². The number of hydrogen-bond acceptors (Lipinski definition) is 4. The number of thiophene rings is 1. The first kappa shape index (κ1) is 14.8. The first-order valence-electron chi connectivity index (χ1n) is 7.76. The van der Waals surface area contributed by atoms with Crippen LogP contribution in [0.15, 0.2) is 48.1 Å².